The summed E-state index contributed by atoms with van der Waals surface area (Å²) in [6.07, 6.45) is 3.65. The summed E-state index contributed by atoms with van der Waals surface area (Å²) in [6, 6.07) is 3.86. The molecule has 94 valence electrons. The van der Waals surface area contributed by atoms with E-state index in [9.17, 15) is 4.79 Å². The summed E-state index contributed by atoms with van der Waals surface area (Å²) in [4.78, 5) is 18.1. The van der Waals surface area contributed by atoms with Gasteiger partial charge < -0.3 is 10.6 Å². The predicted molar refractivity (Wildman–Crippen MR) is 74.2 cm³/mol. The molecule has 2 N–H and O–H groups in total. The third-order valence-corrected chi connectivity index (χ3v) is 4.20. The molecule has 0 spiro atoms. The highest BCUT2D eigenvalue weighted by Gasteiger charge is 2.17. The molecule has 3 rings (SSSR count). The van der Waals surface area contributed by atoms with E-state index in [1.807, 2.05) is 5.38 Å². The molecular weight excluding hydrogens is 246 g/mol. The number of primary amides is 1. The van der Waals surface area contributed by atoms with Gasteiger partial charge in [0.1, 0.15) is 11.5 Å². The summed E-state index contributed by atoms with van der Waals surface area (Å²) in [7, 11) is 0. The van der Waals surface area contributed by atoms with Gasteiger partial charge in [0.25, 0.3) is 5.91 Å². The molecule has 5 heteroatoms. The molecule has 1 aliphatic heterocycles. The van der Waals surface area contributed by atoms with E-state index < -0.39 is 5.91 Å². The number of nitrogens with zero attached hydrogens (tertiary/aromatic N) is 2. The molecule has 1 saturated heterocycles. The van der Waals surface area contributed by atoms with Gasteiger partial charge in [0, 0.05) is 23.2 Å². The Balaban J connectivity index is 2.12. The Labute approximate surface area is 109 Å². The Hall–Kier alpha value is -1.62. The largest absolute Gasteiger partial charge is 0.364 e. The lowest BCUT2D eigenvalue weighted by atomic mass is 10.1. The first kappa shape index (κ1) is 11.5. The first-order chi connectivity index (χ1) is 8.75. The van der Waals surface area contributed by atoms with E-state index in [2.05, 4.69) is 16.0 Å². The number of hydrogen-bond acceptors (Lipinski definition) is 4. The van der Waals surface area contributed by atoms with Gasteiger partial charge in [0.2, 0.25) is 0 Å². The number of fused-ring (bicyclic) bond motifs is 1. The summed E-state index contributed by atoms with van der Waals surface area (Å²) in [5.41, 5.74) is 5.72. The molecule has 2 aromatic rings. The summed E-state index contributed by atoms with van der Waals surface area (Å²) < 4.78 is 1.08. The van der Waals surface area contributed by atoms with Gasteiger partial charge in [0.05, 0.1) is 0 Å². The molecule has 1 aliphatic rings. The first-order valence-corrected chi connectivity index (χ1v) is 7.06. The van der Waals surface area contributed by atoms with Crippen molar-refractivity contribution in [2.75, 3.05) is 18.0 Å². The third kappa shape index (κ3) is 1.95. The lowest BCUT2D eigenvalue weighted by Crippen LogP contribution is -2.31. The summed E-state index contributed by atoms with van der Waals surface area (Å²) in [6.45, 7) is 2.03. The highest BCUT2D eigenvalue weighted by molar-refractivity contribution is 7.17. The van der Waals surface area contributed by atoms with Crippen LogP contribution in [-0.4, -0.2) is 24.0 Å². The van der Waals surface area contributed by atoms with Crippen molar-refractivity contribution >= 4 is 33.1 Å². The summed E-state index contributed by atoms with van der Waals surface area (Å²) in [5.74, 6) is 0.464. The molecule has 1 amide bonds. The van der Waals surface area contributed by atoms with Gasteiger partial charge in [-0.05, 0) is 36.8 Å². The second-order valence-corrected chi connectivity index (χ2v) is 5.52. The van der Waals surface area contributed by atoms with Crippen molar-refractivity contribution in [1.29, 1.82) is 0 Å². The summed E-state index contributed by atoms with van der Waals surface area (Å²) >= 11 is 1.62. The number of piperidine rings is 1. The van der Waals surface area contributed by atoms with E-state index in [1.54, 1.807) is 17.4 Å². The van der Waals surface area contributed by atoms with Gasteiger partial charge in [-0.3, -0.25) is 4.79 Å². The van der Waals surface area contributed by atoms with Crippen molar-refractivity contribution in [3.8, 4) is 0 Å². The second-order valence-electron chi connectivity index (χ2n) is 4.58. The molecule has 4 nitrogen and oxygen atoms in total. The number of rotatable bonds is 2. The molecule has 0 bridgehead atoms. The van der Waals surface area contributed by atoms with Crippen LogP contribution in [0.25, 0.3) is 10.1 Å². The Morgan fingerprint density at radius 2 is 2.11 bits per heavy atom. The van der Waals surface area contributed by atoms with Crippen LogP contribution in [0.1, 0.15) is 29.8 Å². The normalized spacial score (nSPS) is 16.1. The summed E-state index contributed by atoms with van der Waals surface area (Å²) in [5, 5.41) is 3.16. The van der Waals surface area contributed by atoms with Crippen LogP contribution in [0.3, 0.4) is 0 Å². The molecule has 0 atom stereocenters. The number of thiophene rings is 1. The topological polar surface area (TPSA) is 59.2 Å². The number of nitrogens with two attached hydrogens (primary N) is 1. The smallest absolute Gasteiger partial charge is 0.267 e. The number of carbonyl (C=O) groups is 1. The Morgan fingerprint density at radius 1 is 1.33 bits per heavy atom. The van der Waals surface area contributed by atoms with Gasteiger partial charge in [-0.15, -0.1) is 11.3 Å². The minimum atomic E-state index is -0.455. The highest BCUT2D eigenvalue weighted by Crippen LogP contribution is 2.31. The molecular formula is C13H15N3OS. The second kappa shape index (κ2) is 4.57. The minimum Gasteiger partial charge on any atom is -0.364 e. The SMILES string of the molecule is NC(=O)c1cc2sccc2c(N2CCCCC2)n1. The molecule has 0 saturated carbocycles. The van der Waals surface area contributed by atoms with E-state index in [1.165, 1.54) is 19.3 Å². The molecule has 0 radical (unpaired) electrons. The number of anilines is 1. The van der Waals surface area contributed by atoms with Crippen molar-refractivity contribution in [1.82, 2.24) is 4.98 Å². The van der Waals surface area contributed by atoms with Crippen LogP contribution in [0, 0.1) is 0 Å². The van der Waals surface area contributed by atoms with Gasteiger partial charge in [-0.1, -0.05) is 0 Å². The lowest BCUT2D eigenvalue weighted by Gasteiger charge is -2.28. The van der Waals surface area contributed by atoms with Crippen LogP contribution in [0.15, 0.2) is 17.5 Å². The van der Waals surface area contributed by atoms with Gasteiger partial charge in [-0.2, -0.15) is 0 Å². The molecule has 18 heavy (non-hydrogen) atoms. The zero-order valence-electron chi connectivity index (χ0n) is 10.1. The monoisotopic (exact) mass is 261 g/mol. The predicted octanol–water partition coefficient (Wildman–Crippen LogP) is 2.39. The van der Waals surface area contributed by atoms with Crippen LogP contribution >= 0.6 is 11.3 Å². The van der Waals surface area contributed by atoms with Crippen molar-refractivity contribution in [2.45, 2.75) is 19.3 Å². The van der Waals surface area contributed by atoms with Gasteiger partial charge in [0.15, 0.2) is 0 Å². The zero-order chi connectivity index (χ0) is 12.5. The van der Waals surface area contributed by atoms with E-state index in [4.69, 9.17) is 5.73 Å². The maximum Gasteiger partial charge on any atom is 0.267 e. The fourth-order valence-electron chi connectivity index (χ4n) is 2.42. The molecule has 2 aromatic heterocycles. The molecule has 3 heterocycles. The van der Waals surface area contributed by atoms with Crippen LogP contribution in [0.2, 0.25) is 0 Å². The lowest BCUT2D eigenvalue weighted by molar-refractivity contribution is 0.0996. The molecule has 1 fully saturated rings. The molecule has 0 aliphatic carbocycles. The standard InChI is InChI=1S/C13H15N3OS/c14-12(17)10-8-11-9(4-7-18-11)13(15-10)16-5-2-1-3-6-16/h4,7-8H,1-3,5-6H2,(H2,14,17). The van der Waals surface area contributed by atoms with Crippen LogP contribution in [0.5, 0.6) is 0 Å². The number of carbonyl (C=O) groups excluding carboxylic acids is 1. The number of aromatic nitrogens is 1. The molecule has 0 aromatic carbocycles. The van der Waals surface area contributed by atoms with Crippen LogP contribution in [-0.2, 0) is 0 Å². The van der Waals surface area contributed by atoms with Crippen LogP contribution < -0.4 is 10.6 Å². The third-order valence-electron chi connectivity index (χ3n) is 3.34. The first-order valence-electron chi connectivity index (χ1n) is 6.19. The van der Waals surface area contributed by atoms with E-state index in [0.717, 1.165) is 29.0 Å². The average Bonchev–Trinajstić information content (AvgIpc) is 2.86. The Kier molecular flexibility index (Phi) is 2.91. The van der Waals surface area contributed by atoms with Crippen molar-refractivity contribution in [3.05, 3.63) is 23.2 Å². The zero-order valence-corrected chi connectivity index (χ0v) is 10.9. The van der Waals surface area contributed by atoms with Crippen molar-refractivity contribution in [2.24, 2.45) is 5.73 Å². The maximum atomic E-state index is 11.3. The maximum absolute atomic E-state index is 11.3. The Bertz CT molecular complexity index is 587. The molecule has 0 unspecified atom stereocenters. The van der Waals surface area contributed by atoms with Gasteiger partial charge >= 0.3 is 0 Å². The number of amides is 1. The van der Waals surface area contributed by atoms with E-state index in [-0.39, 0.29) is 0 Å². The quantitative estimate of drug-likeness (QED) is 0.903. The van der Waals surface area contributed by atoms with E-state index >= 15 is 0 Å². The van der Waals surface area contributed by atoms with Crippen LogP contribution in [0.4, 0.5) is 5.82 Å². The number of pyridine rings is 1. The van der Waals surface area contributed by atoms with Crippen molar-refractivity contribution in [3.63, 3.8) is 0 Å². The average molecular weight is 261 g/mol. The fourth-order valence-corrected chi connectivity index (χ4v) is 3.24. The number of hydrogen-bond donors (Lipinski definition) is 1. The van der Waals surface area contributed by atoms with Crippen molar-refractivity contribution < 1.29 is 4.79 Å². The highest BCUT2D eigenvalue weighted by atomic mass is 32.1. The van der Waals surface area contributed by atoms with E-state index in [0.29, 0.717) is 5.69 Å². The Morgan fingerprint density at radius 3 is 2.83 bits per heavy atom. The fraction of sp³-hybridized carbons (Fsp3) is 0.385. The minimum absolute atomic E-state index is 0.366. The van der Waals surface area contributed by atoms with Gasteiger partial charge in [-0.25, -0.2) is 4.98 Å².